The molecule has 0 unspecified atom stereocenters. The Morgan fingerprint density at radius 1 is 1.15 bits per heavy atom. The van der Waals surface area contributed by atoms with Gasteiger partial charge in [-0.3, -0.25) is 4.90 Å². The van der Waals surface area contributed by atoms with Gasteiger partial charge in [-0.05, 0) is 25.0 Å². The first-order valence-electron chi connectivity index (χ1n) is 6.85. The molecule has 0 bridgehead atoms. The summed E-state index contributed by atoms with van der Waals surface area (Å²) in [6.07, 6.45) is 4.35. The van der Waals surface area contributed by atoms with Gasteiger partial charge < -0.3 is 10.0 Å². The fraction of sp³-hybridized carbons (Fsp3) is 0.467. The topological polar surface area (TPSA) is 60.9 Å². The summed E-state index contributed by atoms with van der Waals surface area (Å²) in [5.41, 5.74) is 0.568. The van der Waals surface area contributed by atoms with Crippen molar-refractivity contribution in [2.75, 3.05) is 19.0 Å². The molecule has 1 saturated carbocycles. The quantitative estimate of drug-likeness (QED) is 0.923. The number of benzene rings is 1. The number of hydrogen-bond acceptors (Lipinski definition) is 2. The van der Waals surface area contributed by atoms with E-state index in [1.54, 1.807) is 37.2 Å². The number of carbonyl (C=O) groups is 2. The Morgan fingerprint density at radius 3 is 2.35 bits per heavy atom. The van der Waals surface area contributed by atoms with E-state index in [0.717, 1.165) is 25.7 Å². The highest BCUT2D eigenvalue weighted by Crippen LogP contribution is 2.25. The molecule has 0 heterocycles. The van der Waals surface area contributed by atoms with E-state index in [4.69, 9.17) is 0 Å². The van der Waals surface area contributed by atoms with Crippen LogP contribution in [0.5, 0.6) is 0 Å². The molecule has 1 aromatic carbocycles. The van der Waals surface area contributed by atoms with Crippen LogP contribution in [-0.4, -0.2) is 42.1 Å². The van der Waals surface area contributed by atoms with Crippen LogP contribution in [-0.2, 0) is 0 Å². The Kier molecular flexibility index (Phi) is 4.27. The van der Waals surface area contributed by atoms with Gasteiger partial charge in [0.25, 0.3) is 0 Å². The molecule has 0 spiro atoms. The molecular formula is C15H20N2O3. The van der Waals surface area contributed by atoms with Gasteiger partial charge in [-0.2, -0.15) is 0 Å². The summed E-state index contributed by atoms with van der Waals surface area (Å²) in [6.45, 7) is 0. The lowest BCUT2D eigenvalue weighted by Gasteiger charge is -2.30. The van der Waals surface area contributed by atoms with Gasteiger partial charge in [0, 0.05) is 20.1 Å². The SMILES string of the molecule is CN(C(=O)N(C)C1CCCC1)c1ccccc1C(=O)O. The highest BCUT2D eigenvalue weighted by molar-refractivity contribution is 6.01. The van der Waals surface area contributed by atoms with Gasteiger partial charge in [0.15, 0.2) is 0 Å². The van der Waals surface area contributed by atoms with Crippen LogP contribution < -0.4 is 4.90 Å². The molecule has 1 fully saturated rings. The van der Waals surface area contributed by atoms with Crippen molar-refractivity contribution in [1.82, 2.24) is 4.90 Å². The van der Waals surface area contributed by atoms with Crippen molar-refractivity contribution in [3.8, 4) is 0 Å². The molecule has 108 valence electrons. The average molecular weight is 276 g/mol. The second-order valence-corrected chi connectivity index (χ2v) is 5.21. The van der Waals surface area contributed by atoms with Crippen LogP contribution in [0.2, 0.25) is 0 Å². The largest absolute Gasteiger partial charge is 0.478 e. The van der Waals surface area contributed by atoms with E-state index >= 15 is 0 Å². The van der Waals surface area contributed by atoms with Crippen molar-refractivity contribution in [3.63, 3.8) is 0 Å². The number of para-hydroxylation sites is 1. The predicted molar refractivity (Wildman–Crippen MR) is 77.2 cm³/mol. The molecule has 2 amide bonds. The zero-order valence-electron chi connectivity index (χ0n) is 11.9. The molecule has 0 aliphatic heterocycles. The van der Waals surface area contributed by atoms with Gasteiger partial charge >= 0.3 is 12.0 Å². The van der Waals surface area contributed by atoms with E-state index in [0.29, 0.717) is 5.69 Å². The van der Waals surface area contributed by atoms with Crippen molar-refractivity contribution in [2.24, 2.45) is 0 Å². The van der Waals surface area contributed by atoms with Crippen molar-refractivity contribution < 1.29 is 14.7 Å². The minimum absolute atomic E-state index is 0.142. The summed E-state index contributed by atoms with van der Waals surface area (Å²) in [5.74, 6) is -1.02. The van der Waals surface area contributed by atoms with E-state index in [-0.39, 0.29) is 17.6 Å². The van der Waals surface area contributed by atoms with Crippen LogP contribution in [0.15, 0.2) is 24.3 Å². The van der Waals surface area contributed by atoms with Gasteiger partial charge in [0.1, 0.15) is 0 Å². The first-order valence-corrected chi connectivity index (χ1v) is 6.85. The Balaban J connectivity index is 2.20. The second kappa shape index (κ2) is 5.94. The Morgan fingerprint density at radius 2 is 1.75 bits per heavy atom. The second-order valence-electron chi connectivity index (χ2n) is 5.21. The number of aromatic carboxylic acids is 1. The van der Waals surface area contributed by atoms with Crippen LogP contribution in [0.4, 0.5) is 10.5 Å². The minimum atomic E-state index is -1.02. The monoisotopic (exact) mass is 276 g/mol. The maximum Gasteiger partial charge on any atom is 0.337 e. The van der Waals surface area contributed by atoms with E-state index in [1.165, 1.54) is 11.0 Å². The van der Waals surface area contributed by atoms with Crippen LogP contribution in [0.3, 0.4) is 0 Å². The third kappa shape index (κ3) is 2.76. The molecule has 0 aromatic heterocycles. The molecule has 5 nitrogen and oxygen atoms in total. The van der Waals surface area contributed by atoms with Crippen LogP contribution in [0, 0.1) is 0 Å². The number of urea groups is 1. The summed E-state index contributed by atoms with van der Waals surface area (Å²) in [4.78, 5) is 26.8. The normalized spacial score (nSPS) is 15.1. The molecular weight excluding hydrogens is 256 g/mol. The van der Waals surface area contributed by atoms with Crippen molar-refractivity contribution in [1.29, 1.82) is 0 Å². The number of nitrogens with zero attached hydrogens (tertiary/aromatic N) is 2. The number of amides is 2. The molecule has 1 aromatic rings. The zero-order chi connectivity index (χ0) is 14.7. The highest BCUT2D eigenvalue weighted by atomic mass is 16.4. The lowest BCUT2D eigenvalue weighted by atomic mass is 10.1. The number of carbonyl (C=O) groups excluding carboxylic acids is 1. The van der Waals surface area contributed by atoms with E-state index in [2.05, 4.69) is 0 Å². The Hall–Kier alpha value is -2.04. The summed E-state index contributed by atoms with van der Waals surface area (Å²) in [6, 6.07) is 6.67. The van der Waals surface area contributed by atoms with Gasteiger partial charge in [0.2, 0.25) is 0 Å². The Labute approximate surface area is 118 Å². The number of rotatable bonds is 3. The third-order valence-electron chi connectivity index (χ3n) is 3.96. The van der Waals surface area contributed by atoms with Gasteiger partial charge in [-0.25, -0.2) is 9.59 Å². The van der Waals surface area contributed by atoms with Crippen LogP contribution in [0.1, 0.15) is 36.0 Å². The lowest BCUT2D eigenvalue weighted by Crippen LogP contribution is -2.44. The van der Waals surface area contributed by atoms with E-state index in [9.17, 15) is 14.7 Å². The fourth-order valence-electron chi connectivity index (χ4n) is 2.73. The maximum absolute atomic E-state index is 12.5. The molecule has 1 aliphatic carbocycles. The summed E-state index contributed by atoms with van der Waals surface area (Å²) < 4.78 is 0. The maximum atomic E-state index is 12.5. The van der Waals surface area contributed by atoms with Crippen molar-refractivity contribution >= 4 is 17.7 Å². The number of anilines is 1. The van der Waals surface area contributed by atoms with Gasteiger partial charge in [-0.15, -0.1) is 0 Å². The van der Waals surface area contributed by atoms with E-state index < -0.39 is 5.97 Å². The van der Waals surface area contributed by atoms with Gasteiger partial charge in [-0.1, -0.05) is 25.0 Å². The lowest BCUT2D eigenvalue weighted by molar-refractivity contribution is 0.0697. The molecule has 0 atom stereocenters. The number of carboxylic acid groups (broad SMARTS) is 1. The third-order valence-corrected chi connectivity index (χ3v) is 3.96. The van der Waals surface area contributed by atoms with Crippen molar-refractivity contribution in [2.45, 2.75) is 31.7 Å². The minimum Gasteiger partial charge on any atom is -0.478 e. The van der Waals surface area contributed by atoms with Crippen LogP contribution in [0.25, 0.3) is 0 Å². The standard InChI is InChI=1S/C15H20N2O3/c1-16(11-7-3-4-8-11)15(20)17(2)13-10-6-5-9-12(13)14(18)19/h5-6,9-11H,3-4,7-8H2,1-2H3,(H,18,19). The summed E-state index contributed by atoms with van der Waals surface area (Å²) in [7, 11) is 3.41. The zero-order valence-corrected chi connectivity index (χ0v) is 11.9. The fourth-order valence-corrected chi connectivity index (χ4v) is 2.73. The molecule has 20 heavy (non-hydrogen) atoms. The van der Waals surface area contributed by atoms with Crippen molar-refractivity contribution in [3.05, 3.63) is 29.8 Å². The molecule has 1 N–H and O–H groups in total. The summed E-state index contributed by atoms with van der Waals surface area (Å²) >= 11 is 0. The predicted octanol–water partition coefficient (Wildman–Crippen LogP) is 2.82. The first-order chi connectivity index (χ1) is 9.52. The summed E-state index contributed by atoms with van der Waals surface area (Å²) in [5, 5.41) is 9.19. The molecule has 5 heteroatoms. The van der Waals surface area contributed by atoms with E-state index in [1.807, 2.05) is 0 Å². The van der Waals surface area contributed by atoms with Crippen LogP contribution >= 0.6 is 0 Å². The number of carboxylic acids is 1. The molecule has 1 aliphatic rings. The highest BCUT2D eigenvalue weighted by Gasteiger charge is 2.27. The smallest absolute Gasteiger partial charge is 0.337 e. The number of hydrogen-bond donors (Lipinski definition) is 1. The first kappa shape index (κ1) is 14.4. The van der Waals surface area contributed by atoms with Gasteiger partial charge in [0.05, 0.1) is 11.3 Å². The molecule has 0 radical (unpaired) electrons. The Bertz CT molecular complexity index is 510. The molecule has 0 saturated heterocycles. The molecule has 2 rings (SSSR count). The average Bonchev–Trinajstić information content (AvgIpc) is 2.99.